The van der Waals surface area contributed by atoms with Crippen LogP contribution < -0.4 is 5.32 Å². The Morgan fingerprint density at radius 1 is 1.47 bits per heavy atom. The monoisotopic (exact) mass is 202 g/mol. The van der Waals surface area contributed by atoms with Gasteiger partial charge in [-0.25, -0.2) is 9.67 Å². The number of hydrogen-bond donors (Lipinski definition) is 1. The third-order valence-electron chi connectivity index (χ3n) is 2.16. The zero-order valence-corrected chi connectivity index (χ0v) is 8.94. The van der Waals surface area contributed by atoms with E-state index in [1.54, 1.807) is 6.20 Å². The highest BCUT2D eigenvalue weighted by atomic mass is 15.3. The van der Waals surface area contributed by atoms with E-state index in [4.69, 9.17) is 0 Å². The van der Waals surface area contributed by atoms with Crippen LogP contribution in [0, 0.1) is 6.92 Å². The minimum Gasteiger partial charge on any atom is -0.316 e. The first-order valence-electron chi connectivity index (χ1n) is 4.91. The number of nitrogens with one attached hydrogen (secondary N) is 1. The third kappa shape index (κ3) is 2.05. The first kappa shape index (κ1) is 9.86. The van der Waals surface area contributed by atoms with Crippen LogP contribution in [0.5, 0.6) is 0 Å². The summed E-state index contributed by atoms with van der Waals surface area (Å²) in [7, 11) is 1.92. The van der Waals surface area contributed by atoms with E-state index in [0.717, 1.165) is 23.5 Å². The van der Waals surface area contributed by atoms with Gasteiger partial charge in [-0.2, -0.15) is 5.10 Å². The Morgan fingerprint density at radius 3 is 3.00 bits per heavy atom. The molecule has 2 aromatic heterocycles. The minimum atomic E-state index is 0.794. The average molecular weight is 202 g/mol. The van der Waals surface area contributed by atoms with Crippen LogP contribution in [0.2, 0.25) is 0 Å². The van der Waals surface area contributed by atoms with Gasteiger partial charge in [-0.3, -0.25) is 0 Å². The molecule has 0 unspecified atom stereocenters. The highest BCUT2D eigenvalue weighted by molar-refractivity contribution is 5.33. The van der Waals surface area contributed by atoms with E-state index in [9.17, 15) is 0 Å². The summed E-state index contributed by atoms with van der Waals surface area (Å²) in [6.07, 6.45) is 5.59. The van der Waals surface area contributed by atoms with Crippen molar-refractivity contribution in [3.63, 3.8) is 0 Å². The lowest BCUT2D eigenvalue weighted by molar-refractivity contribution is 0.771. The molecule has 0 saturated heterocycles. The molecule has 0 aliphatic rings. The van der Waals surface area contributed by atoms with Crippen molar-refractivity contribution in [3.8, 4) is 5.82 Å². The van der Waals surface area contributed by atoms with Crippen molar-refractivity contribution in [1.82, 2.24) is 20.1 Å². The van der Waals surface area contributed by atoms with Gasteiger partial charge in [0.2, 0.25) is 0 Å². The Bertz CT molecular complexity index is 447. The Hall–Kier alpha value is -1.68. The van der Waals surface area contributed by atoms with Crippen molar-refractivity contribution in [2.45, 2.75) is 13.5 Å². The highest BCUT2D eigenvalue weighted by Gasteiger charge is 2.05. The van der Waals surface area contributed by atoms with Gasteiger partial charge < -0.3 is 5.32 Å². The van der Waals surface area contributed by atoms with Gasteiger partial charge in [0.05, 0.1) is 6.20 Å². The molecule has 0 fully saturated rings. The van der Waals surface area contributed by atoms with Gasteiger partial charge >= 0.3 is 0 Å². The zero-order valence-electron chi connectivity index (χ0n) is 8.94. The van der Waals surface area contributed by atoms with E-state index < -0.39 is 0 Å². The van der Waals surface area contributed by atoms with Crippen LogP contribution in [-0.4, -0.2) is 21.8 Å². The summed E-state index contributed by atoms with van der Waals surface area (Å²) < 4.78 is 1.81. The molecule has 0 bridgehead atoms. The molecule has 2 aromatic rings. The fourth-order valence-corrected chi connectivity index (χ4v) is 1.49. The molecule has 1 N–H and O–H groups in total. The third-order valence-corrected chi connectivity index (χ3v) is 2.16. The quantitative estimate of drug-likeness (QED) is 0.815. The predicted molar refractivity (Wildman–Crippen MR) is 58.9 cm³/mol. The van der Waals surface area contributed by atoms with Crippen LogP contribution in [0.25, 0.3) is 5.82 Å². The summed E-state index contributed by atoms with van der Waals surface area (Å²) in [5.41, 5.74) is 2.28. The van der Waals surface area contributed by atoms with Crippen molar-refractivity contribution in [2.75, 3.05) is 7.05 Å². The van der Waals surface area contributed by atoms with Gasteiger partial charge in [0, 0.05) is 24.5 Å². The molecule has 15 heavy (non-hydrogen) atoms. The molecule has 0 saturated carbocycles. The second kappa shape index (κ2) is 4.23. The summed E-state index contributed by atoms with van der Waals surface area (Å²) in [5.74, 6) is 0.889. The van der Waals surface area contributed by atoms with Gasteiger partial charge in [-0.1, -0.05) is 6.07 Å². The van der Waals surface area contributed by atoms with E-state index in [-0.39, 0.29) is 0 Å². The molecule has 0 spiro atoms. The Balaban J connectivity index is 2.42. The summed E-state index contributed by atoms with van der Waals surface area (Å²) >= 11 is 0. The molecular weight excluding hydrogens is 188 g/mol. The van der Waals surface area contributed by atoms with Crippen LogP contribution in [0.4, 0.5) is 0 Å². The maximum Gasteiger partial charge on any atom is 0.157 e. The first-order chi connectivity index (χ1) is 7.31. The van der Waals surface area contributed by atoms with E-state index in [1.165, 1.54) is 0 Å². The zero-order chi connectivity index (χ0) is 10.7. The van der Waals surface area contributed by atoms with E-state index in [0.29, 0.717) is 0 Å². The Labute approximate surface area is 89.0 Å². The van der Waals surface area contributed by atoms with Crippen molar-refractivity contribution < 1.29 is 0 Å². The molecule has 0 aliphatic carbocycles. The maximum absolute atomic E-state index is 4.34. The largest absolute Gasteiger partial charge is 0.316 e. The van der Waals surface area contributed by atoms with Gasteiger partial charge in [-0.15, -0.1) is 0 Å². The van der Waals surface area contributed by atoms with E-state index in [1.807, 2.05) is 37.1 Å². The van der Waals surface area contributed by atoms with Gasteiger partial charge in [0.1, 0.15) is 0 Å². The molecule has 0 radical (unpaired) electrons. The number of aromatic nitrogens is 3. The molecule has 78 valence electrons. The average Bonchev–Trinajstić information content (AvgIpc) is 2.66. The molecule has 0 atom stereocenters. The lowest BCUT2D eigenvalue weighted by Crippen LogP contribution is -2.10. The second-order valence-electron chi connectivity index (χ2n) is 3.48. The number of pyridine rings is 1. The molecule has 0 aliphatic heterocycles. The van der Waals surface area contributed by atoms with Crippen LogP contribution in [-0.2, 0) is 6.54 Å². The number of rotatable bonds is 3. The van der Waals surface area contributed by atoms with Gasteiger partial charge in [-0.05, 0) is 25.6 Å². The van der Waals surface area contributed by atoms with Crippen LogP contribution in [0.15, 0.2) is 30.7 Å². The van der Waals surface area contributed by atoms with Crippen molar-refractivity contribution >= 4 is 0 Å². The van der Waals surface area contributed by atoms with Crippen molar-refractivity contribution in [2.24, 2.45) is 0 Å². The smallest absolute Gasteiger partial charge is 0.157 e. The van der Waals surface area contributed by atoms with Crippen LogP contribution in [0.3, 0.4) is 0 Å². The minimum absolute atomic E-state index is 0.794. The summed E-state index contributed by atoms with van der Waals surface area (Å²) in [6, 6.07) is 3.99. The van der Waals surface area contributed by atoms with Gasteiger partial charge in [0.15, 0.2) is 5.82 Å². The van der Waals surface area contributed by atoms with Crippen molar-refractivity contribution in [1.29, 1.82) is 0 Å². The molecule has 4 heteroatoms. The van der Waals surface area contributed by atoms with Gasteiger partial charge in [0.25, 0.3) is 0 Å². The fourth-order valence-electron chi connectivity index (χ4n) is 1.49. The van der Waals surface area contributed by atoms with Crippen molar-refractivity contribution in [3.05, 3.63) is 41.9 Å². The molecule has 0 amide bonds. The topological polar surface area (TPSA) is 42.7 Å². The number of aryl methyl sites for hydroxylation is 1. The standard InChI is InChI=1S/C11H14N4/c1-9-6-14-15(8-9)11-10(7-12-2)4-3-5-13-11/h3-6,8,12H,7H2,1-2H3. The maximum atomic E-state index is 4.34. The lowest BCUT2D eigenvalue weighted by Gasteiger charge is -2.06. The molecule has 2 rings (SSSR count). The summed E-state index contributed by atoms with van der Waals surface area (Å²) in [6.45, 7) is 2.81. The normalized spacial score (nSPS) is 10.5. The number of hydrogen-bond acceptors (Lipinski definition) is 3. The first-order valence-corrected chi connectivity index (χ1v) is 4.91. The Morgan fingerprint density at radius 2 is 2.33 bits per heavy atom. The Kier molecular flexibility index (Phi) is 2.78. The van der Waals surface area contributed by atoms with E-state index in [2.05, 4.69) is 21.5 Å². The SMILES string of the molecule is CNCc1cccnc1-n1cc(C)cn1. The molecule has 4 nitrogen and oxygen atoms in total. The highest BCUT2D eigenvalue weighted by Crippen LogP contribution is 2.10. The fraction of sp³-hybridized carbons (Fsp3) is 0.273. The van der Waals surface area contributed by atoms with Crippen LogP contribution in [0.1, 0.15) is 11.1 Å². The number of nitrogens with zero attached hydrogens (tertiary/aromatic N) is 3. The van der Waals surface area contributed by atoms with E-state index >= 15 is 0 Å². The summed E-state index contributed by atoms with van der Waals surface area (Å²) in [4.78, 5) is 4.34. The molecule has 0 aromatic carbocycles. The predicted octanol–water partition coefficient (Wildman–Crippen LogP) is 1.30. The summed E-state index contributed by atoms with van der Waals surface area (Å²) in [5, 5.41) is 7.38. The molecular formula is C11H14N4. The lowest BCUT2D eigenvalue weighted by atomic mass is 10.2. The van der Waals surface area contributed by atoms with Crippen LogP contribution >= 0.6 is 0 Å². The molecule has 2 heterocycles. The second-order valence-corrected chi connectivity index (χ2v) is 3.48.